The predicted octanol–water partition coefficient (Wildman–Crippen LogP) is 3.00. The van der Waals surface area contributed by atoms with Crippen LogP contribution in [0.1, 0.15) is 28.5 Å². The average molecular weight is 366 g/mol. The Morgan fingerprint density at radius 3 is 2.81 bits per heavy atom. The molecule has 1 unspecified atom stereocenters. The van der Waals surface area contributed by atoms with Gasteiger partial charge in [-0.05, 0) is 30.2 Å². The molecule has 0 fully saturated rings. The molecule has 4 rings (SSSR count). The van der Waals surface area contributed by atoms with Crippen molar-refractivity contribution < 1.29 is 23.5 Å². The number of nitrogens with zero attached hydrogens (tertiary/aromatic N) is 2. The second-order valence-corrected chi connectivity index (χ2v) is 6.54. The number of aliphatic carboxylic acids is 1. The molecule has 0 saturated heterocycles. The SMILES string of the molecule is Cc1oc(-c2ccco2)nc1CC(=O)N1Cc2ccccc2C(C(=O)O)C1. The molecule has 1 amide bonds. The smallest absolute Gasteiger partial charge is 0.312 e. The molecule has 0 spiro atoms. The summed E-state index contributed by atoms with van der Waals surface area (Å²) in [6, 6.07) is 10.8. The van der Waals surface area contributed by atoms with Gasteiger partial charge in [-0.15, -0.1) is 0 Å². The van der Waals surface area contributed by atoms with E-state index in [1.807, 2.05) is 24.3 Å². The maximum absolute atomic E-state index is 12.8. The van der Waals surface area contributed by atoms with E-state index in [1.54, 1.807) is 24.0 Å². The van der Waals surface area contributed by atoms with E-state index in [0.29, 0.717) is 29.6 Å². The number of carbonyl (C=O) groups is 2. The first-order valence-corrected chi connectivity index (χ1v) is 8.61. The van der Waals surface area contributed by atoms with E-state index in [1.165, 1.54) is 6.26 Å². The first-order valence-electron chi connectivity index (χ1n) is 8.61. The van der Waals surface area contributed by atoms with Crippen molar-refractivity contribution in [2.75, 3.05) is 6.54 Å². The molecule has 1 aliphatic heterocycles. The highest BCUT2D eigenvalue weighted by molar-refractivity contribution is 5.82. The van der Waals surface area contributed by atoms with Crippen LogP contribution in [0.25, 0.3) is 11.7 Å². The van der Waals surface area contributed by atoms with Crippen LogP contribution in [-0.4, -0.2) is 33.4 Å². The molecule has 27 heavy (non-hydrogen) atoms. The third-order valence-electron chi connectivity index (χ3n) is 4.79. The normalized spacial score (nSPS) is 16.2. The van der Waals surface area contributed by atoms with Gasteiger partial charge in [0.05, 0.1) is 24.3 Å². The van der Waals surface area contributed by atoms with Crippen LogP contribution in [0.3, 0.4) is 0 Å². The molecule has 2 aromatic heterocycles. The lowest BCUT2D eigenvalue weighted by molar-refractivity contribution is -0.141. The van der Waals surface area contributed by atoms with Gasteiger partial charge in [0.2, 0.25) is 5.91 Å². The molecule has 1 atom stereocenters. The monoisotopic (exact) mass is 366 g/mol. The fourth-order valence-corrected chi connectivity index (χ4v) is 3.36. The maximum atomic E-state index is 12.8. The van der Waals surface area contributed by atoms with Gasteiger partial charge in [0.15, 0.2) is 5.76 Å². The number of hydrogen-bond acceptors (Lipinski definition) is 5. The van der Waals surface area contributed by atoms with Crippen molar-refractivity contribution in [2.24, 2.45) is 0 Å². The van der Waals surface area contributed by atoms with E-state index in [2.05, 4.69) is 4.98 Å². The molecule has 7 heteroatoms. The topological polar surface area (TPSA) is 96.8 Å². The van der Waals surface area contributed by atoms with Crippen molar-refractivity contribution in [3.63, 3.8) is 0 Å². The van der Waals surface area contributed by atoms with Gasteiger partial charge in [-0.25, -0.2) is 4.98 Å². The van der Waals surface area contributed by atoms with Gasteiger partial charge in [-0.1, -0.05) is 24.3 Å². The van der Waals surface area contributed by atoms with Crippen molar-refractivity contribution in [3.8, 4) is 11.7 Å². The zero-order chi connectivity index (χ0) is 19.0. The van der Waals surface area contributed by atoms with Gasteiger partial charge in [-0.3, -0.25) is 9.59 Å². The number of furan rings is 1. The van der Waals surface area contributed by atoms with Gasteiger partial charge in [-0.2, -0.15) is 0 Å². The van der Waals surface area contributed by atoms with Gasteiger partial charge >= 0.3 is 5.97 Å². The van der Waals surface area contributed by atoms with Crippen LogP contribution in [0.2, 0.25) is 0 Å². The molecule has 0 radical (unpaired) electrons. The number of rotatable bonds is 4. The summed E-state index contributed by atoms with van der Waals surface area (Å²) in [5.41, 5.74) is 2.15. The average Bonchev–Trinajstić information content (AvgIpc) is 3.31. The van der Waals surface area contributed by atoms with Gasteiger partial charge < -0.3 is 18.8 Å². The van der Waals surface area contributed by atoms with Crippen molar-refractivity contribution in [1.82, 2.24) is 9.88 Å². The minimum absolute atomic E-state index is 0.0462. The Kier molecular flexibility index (Phi) is 4.27. The van der Waals surface area contributed by atoms with Gasteiger partial charge in [0, 0.05) is 13.1 Å². The van der Waals surface area contributed by atoms with E-state index in [-0.39, 0.29) is 18.9 Å². The minimum Gasteiger partial charge on any atom is -0.481 e. The number of oxazole rings is 1. The summed E-state index contributed by atoms with van der Waals surface area (Å²) < 4.78 is 10.9. The second-order valence-electron chi connectivity index (χ2n) is 6.54. The van der Waals surface area contributed by atoms with Crippen LogP contribution >= 0.6 is 0 Å². The van der Waals surface area contributed by atoms with Crippen molar-refractivity contribution >= 4 is 11.9 Å². The molecule has 1 aromatic carbocycles. The van der Waals surface area contributed by atoms with E-state index in [9.17, 15) is 14.7 Å². The molecule has 138 valence electrons. The van der Waals surface area contributed by atoms with E-state index >= 15 is 0 Å². The Balaban J connectivity index is 1.55. The summed E-state index contributed by atoms with van der Waals surface area (Å²) in [5.74, 6) is -0.476. The number of carboxylic acids is 1. The summed E-state index contributed by atoms with van der Waals surface area (Å²) >= 11 is 0. The van der Waals surface area contributed by atoms with Crippen LogP contribution in [0.5, 0.6) is 0 Å². The minimum atomic E-state index is -0.933. The Morgan fingerprint density at radius 2 is 2.07 bits per heavy atom. The number of hydrogen-bond donors (Lipinski definition) is 1. The Hall–Kier alpha value is -3.35. The van der Waals surface area contributed by atoms with Crippen LogP contribution in [0.15, 0.2) is 51.5 Å². The van der Waals surface area contributed by atoms with Crippen LogP contribution < -0.4 is 0 Å². The number of carboxylic acid groups (broad SMARTS) is 1. The van der Waals surface area contributed by atoms with E-state index in [4.69, 9.17) is 8.83 Å². The number of fused-ring (bicyclic) bond motifs is 1. The first-order chi connectivity index (χ1) is 13.0. The Labute approximate surface area is 155 Å². The molecule has 1 aliphatic rings. The fraction of sp³-hybridized carbons (Fsp3) is 0.250. The molecule has 7 nitrogen and oxygen atoms in total. The number of amides is 1. The van der Waals surface area contributed by atoms with Crippen molar-refractivity contribution in [1.29, 1.82) is 0 Å². The molecule has 0 bridgehead atoms. The van der Waals surface area contributed by atoms with Crippen LogP contribution in [0, 0.1) is 6.92 Å². The predicted molar refractivity (Wildman–Crippen MR) is 94.9 cm³/mol. The van der Waals surface area contributed by atoms with Crippen LogP contribution in [-0.2, 0) is 22.6 Å². The molecule has 0 aliphatic carbocycles. The highest BCUT2D eigenvalue weighted by Crippen LogP contribution is 2.29. The first kappa shape index (κ1) is 17.1. The Bertz CT molecular complexity index is 990. The lowest BCUT2D eigenvalue weighted by Gasteiger charge is -2.32. The van der Waals surface area contributed by atoms with Gasteiger partial charge in [0.1, 0.15) is 5.76 Å². The highest BCUT2D eigenvalue weighted by atomic mass is 16.4. The lowest BCUT2D eigenvalue weighted by atomic mass is 9.89. The van der Waals surface area contributed by atoms with Crippen LogP contribution in [0.4, 0.5) is 0 Å². The van der Waals surface area contributed by atoms with E-state index < -0.39 is 11.9 Å². The standard InChI is InChI=1S/C20H18N2O5/c1-12-16(21-19(27-12)17-7-4-8-26-17)9-18(23)22-10-13-5-2-3-6-14(13)15(11-22)20(24)25/h2-8,15H,9-11H2,1H3,(H,24,25). The van der Waals surface area contributed by atoms with Gasteiger partial charge in [0.25, 0.3) is 5.89 Å². The zero-order valence-electron chi connectivity index (χ0n) is 14.7. The van der Waals surface area contributed by atoms with Crippen molar-refractivity contribution in [2.45, 2.75) is 25.8 Å². The molecule has 3 aromatic rings. The third-order valence-corrected chi connectivity index (χ3v) is 4.79. The molecular formula is C20H18N2O5. The summed E-state index contributed by atoms with van der Waals surface area (Å²) in [6.07, 6.45) is 1.57. The number of benzene rings is 1. The largest absolute Gasteiger partial charge is 0.481 e. The number of aryl methyl sites for hydroxylation is 1. The lowest BCUT2D eigenvalue weighted by Crippen LogP contribution is -2.41. The quantitative estimate of drug-likeness (QED) is 0.762. The Morgan fingerprint density at radius 1 is 1.26 bits per heavy atom. The molecule has 1 N–H and O–H groups in total. The molecule has 0 saturated carbocycles. The summed E-state index contributed by atoms with van der Waals surface area (Å²) in [7, 11) is 0. The summed E-state index contributed by atoms with van der Waals surface area (Å²) in [6.45, 7) is 2.28. The summed E-state index contributed by atoms with van der Waals surface area (Å²) in [4.78, 5) is 30.4. The third kappa shape index (κ3) is 3.23. The number of carbonyl (C=O) groups excluding carboxylic acids is 1. The van der Waals surface area contributed by atoms with E-state index in [0.717, 1.165) is 11.1 Å². The summed E-state index contributed by atoms with van der Waals surface area (Å²) in [5, 5.41) is 9.55. The molecular weight excluding hydrogens is 348 g/mol. The second kappa shape index (κ2) is 6.75. The highest BCUT2D eigenvalue weighted by Gasteiger charge is 2.32. The molecule has 3 heterocycles. The van der Waals surface area contributed by atoms with Crippen molar-refractivity contribution in [3.05, 3.63) is 65.2 Å². The zero-order valence-corrected chi connectivity index (χ0v) is 14.7. The maximum Gasteiger partial charge on any atom is 0.312 e. The fourth-order valence-electron chi connectivity index (χ4n) is 3.36. The number of aromatic nitrogens is 1.